The van der Waals surface area contributed by atoms with Crippen molar-refractivity contribution < 1.29 is 5.11 Å². The highest BCUT2D eigenvalue weighted by atomic mass is 28.3. The topological polar surface area (TPSA) is 32.3 Å². The third-order valence-electron chi connectivity index (χ3n) is 3.71. The van der Waals surface area contributed by atoms with Crippen molar-refractivity contribution in [1.82, 2.24) is 5.32 Å². The first-order valence-corrected chi connectivity index (χ1v) is 10.3. The molecule has 0 spiro atoms. The van der Waals surface area contributed by atoms with Crippen LogP contribution in [0.15, 0.2) is 0 Å². The van der Waals surface area contributed by atoms with Crippen molar-refractivity contribution in [3.05, 3.63) is 0 Å². The molecule has 2 N–H and O–H groups in total. The molecule has 0 radical (unpaired) electrons. The van der Waals surface area contributed by atoms with E-state index in [0.717, 1.165) is 12.8 Å². The van der Waals surface area contributed by atoms with Gasteiger partial charge in [-0.3, -0.25) is 0 Å². The lowest BCUT2D eigenvalue weighted by atomic mass is 9.76. The maximum atomic E-state index is 10.6. The summed E-state index contributed by atoms with van der Waals surface area (Å²) >= 11 is 0. The number of aliphatic hydroxyl groups is 1. The highest BCUT2D eigenvalue weighted by Gasteiger charge is 2.39. The minimum Gasteiger partial charge on any atom is -0.389 e. The second kappa shape index (κ2) is 4.76. The molecule has 2 unspecified atom stereocenters. The number of piperidine rings is 2. The Hall–Kier alpha value is -0.303. The molecule has 17 heavy (non-hydrogen) atoms. The Kier molecular flexibility index (Phi) is 3.68. The van der Waals surface area contributed by atoms with Crippen LogP contribution in [0.5, 0.6) is 0 Å². The molecule has 2 atom stereocenters. The molecule has 2 nitrogen and oxygen atoms in total. The summed E-state index contributed by atoms with van der Waals surface area (Å²) in [4.78, 5) is 0. The van der Waals surface area contributed by atoms with E-state index >= 15 is 0 Å². The summed E-state index contributed by atoms with van der Waals surface area (Å²) in [6, 6.07) is 1.06. The van der Waals surface area contributed by atoms with E-state index in [1.165, 1.54) is 19.3 Å². The average molecular weight is 251 g/mol. The molecule has 2 heterocycles. The van der Waals surface area contributed by atoms with Crippen LogP contribution in [0.4, 0.5) is 0 Å². The smallest absolute Gasteiger partial charge is 0.129 e. The predicted molar refractivity (Wildman–Crippen MR) is 74.5 cm³/mol. The Morgan fingerprint density at radius 2 is 1.82 bits per heavy atom. The van der Waals surface area contributed by atoms with Gasteiger partial charge in [-0.2, -0.15) is 0 Å². The van der Waals surface area contributed by atoms with Crippen molar-refractivity contribution in [1.29, 1.82) is 0 Å². The van der Waals surface area contributed by atoms with Crippen LogP contribution in [0.2, 0.25) is 19.6 Å². The Morgan fingerprint density at radius 1 is 1.24 bits per heavy atom. The van der Waals surface area contributed by atoms with Gasteiger partial charge in [0.2, 0.25) is 0 Å². The van der Waals surface area contributed by atoms with E-state index in [9.17, 15) is 5.11 Å². The number of hydrogen-bond donors (Lipinski definition) is 2. The summed E-state index contributed by atoms with van der Waals surface area (Å²) < 4.78 is 0. The highest BCUT2D eigenvalue weighted by molar-refractivity contribution is 6.83. The van der Waals surface area contributed by atoms with Crippen molar-refractivity contribution in [3.8, 4) is 11.5 Å². The van der Waals surface area contributed by atoms with Gasteiger partial charge in [0.15, 0.2) is 0 Å². The predicted octanol–water partition coefficient (Wildman–Crippen LogP) is 2.29. The van der Waals surface area contributed by atoms with Gasteiger partial charge >= 0.3 is 0 Å². The lowest BCUT2D eigenvalue weighted by molar-refractivity contribution is -0.0265. The van der Waals surface area contributed by atoms with Crippen LogP contribution >= 0.6 is 0 Å². The van der Waals surface area contributed by atoms with E-state index in [4.69, 9.17) is 0 Å². The van der Waals surface area contributed by atoms with Gasteiger partial charge in [0.05, 0.1) is 5.60 Å². The van der Waals surface area contributed by atoms with Crippen LogP contribution in [0.25, 0.3) is 0 Å². The SMILES string of the molecule is C[Si](C)(C)C#CCC1(O)CC2CCCC(C1)N2. The maximum Gasteiger partial charge on any atom is 0.129 e. The minimum absolute atomic E-state index is 0.520. The van der Waals surface area contributed by atoms with Gasteiger partial charge in [0.1, 0.15) is 8.07 Å². The number of nitrogens with one attached hydrogen (secondary N) is 1. The fourth-order valence-corrected chi connectivity index (χ4v) is 3.67. The Morgan fingerprint density at radius 3 is 2.35 bits per heavy atom. The van der Waals surface area contributed by atoms with Crippen molar-refractivity contribution in [2.45, 2.75) is 75.9 Å². The molecule has 0 aromatic rings. The summed E-state index contributed by atoms with van der Waals surface area (Å²) in [6.45, 7) is 6.75. The van der Waals surface area contributed by atoms with Crippen LogP contribution in [0.1, 0.15) is 38.5 Å². The quantitative estimate of drug-likeness (QED) is 0.553. The van der Waals surface area contributed by atoms with Crippen LogP contribution < -0.4 is 5.32 Å². The Balaban J connectivity index is 1.96. The molecule has 2 aliphatic heterocycles. The first-order valence-electron chi connectivity index (χ1n) is 6.85. The zero-order valence-corrected chi connectivity index (χ0v) is 12.3. The van der Waals surface area contributed by atoms with E-state index in [-0.39, 0.29) is 0 Å². The molecular weight excluding hydrogens is 226 g/mol. The largest absolute Gasteiger partial charge is 0.389 e. The summed E-state index contributed by atoms with van der Waals surface area (Å²) in [5.74, 6) is 3.26. The van der Waals surface area contributed by atoms with Gasteiger partial charge in [0, 0.05) is 18.5 Å². The summed E-state index contributed by atoms with van der Waals surface area (Å²) in [7, 11) is -1.29. The van der Waals surface area contributed by atoms with E-state index < -0.39 is 13.7 Å². The number of fused-ring (bicyclic) bond motifs is 2. The standard InChI is InChI=1S/C14H25NOSi/c1-17(2,3)9-5-8-14(16)10-12-6-4-7-13(11-14)15-12/h12-13,15-16H,4,6-8,10-11H2,1-3H3. The first-order chi connectivity index (χ1) is 7.86. The first kappa shape index (κ1) is 13.1. The van der Waals surface area contributed by atoms with Crippen LogP contribution in [0.3, 0.4) is 0 Å². The van der Waals surface area contributed by atoms with Crippen molar-refractivity contribution in [3.63, 3.8) is 0 Å². The van der Waals surface area contributed by atoms with Crippen molar-refractivity contribution >= 4 is 8.07 Å². The number of rotatable bonds is 1. The van der Waals surface area contributed by atoms with Crippen molar-refractivity contribution in [2.75, 3.05) is 0 Å². The molecule has 2 aliphatic rings. The van der Waals surface area contributed by atoms with E-state index in [1.807, 2.05) is 0 Å². The lowest BCUT2D eigenvalue weighted by Crippen LogP contribution is -2.55. The molecule has 2 saturated heterocycles. The summed E-state index contributed by atoms with van der Waals surface area (Å²) in [5.41, 5.74) is 2.85. The van der Waals surface area contributed by atoms with Crippen LogP contribution in [0, 0.1) is 11.5 Å². The molecule has 2 rings (SSSR count). The van der Waals surface area contributed by atoms with E-state index in [0.29, 0.717) is 18.5 Å². The molecular formula is C14H25NOSi. The van der Waals surface area contributed by atoms with Gasteiger partial charge in [0.25, 0.3) is 0 Å². The lowest BCUT2D eigenvalue weighted by Gasteiger charge is -2.44. The summed E-state index contributed by atoms with van der Waals surface area (Å²) in [5, 5.41) is 14.3. The monoisotopic (exact) mass is 251 g/mol. The molecule has 3 heteroatoms. The summed E-state index contributed by atoms with van der Waals surface area (Å²) in [6.07, 6.45) is 6.22. The molecule has 2 bridgehead atoms. The molecule has 0 aromatic heterocycles. The third-order valence-corrected chi connectivity index (χ3v) is 4.64. The molecule has 0 aromatic carbocycles. The van der Waals surface area contributed by atoms with Gasteiger partial charge in [-0.1, -0.05) is 26.1 Å². The average Bonchev–Trinajstić information content (AvgIpc) is 2.13. The molecule has 0 amide bonds. The van der Waals surface area contributed by atoms with Crippen molar-refractivity contribution in [2.24, 2.45) is 0 Å². The van der Waals surface area contributed by atoms with Crippen LogP contribution in [-0.2, 0) is 0 Å². The molecule has 2 fully saturated rings. The zero-order valence-electron chi connectivity index (χ0n) is 11.3. The van der Waals surface area contributed by atoms with Crippen LogP contribution in [-0.4, -0.2) is 30.9 Å². The fourth-order valence-electron chi connectivity index (χ4n) is 3.05. The maximum absolute atomic E-state index is 10.6. The third kappa shape index (κ3) is 3.84. The molecule has 0 saturated carbocycles. The van der Waals surface area contributed by atoms with Gasteiger partial charge in [-0.25, -0.2) is 0 Å². The van der Waals surface area contributed by atoms with Gasteiger partial charge < -0.3 is 10.4 Å². The second-order valence-corrected chi connectivity index (χ2v) is 11.6. The second-order valence-electron chi connectivity index (χ2n) is 6.85. The minimum atomic E-state index is -1.29. The fraction of sp³-hybridized carbons (Fsp3) is 0.857. The highest BCUT2D eigenvalue weighted by Crippen LogP contribution is 2.34. The van der Waals surface area contributed by atoms with Gasteiger partial charge in [-0.15, -0.1) is 11.5 Å². The number of hydrogen-bond acceptors (Lipinski definition) is 2. The normalized spacial score (nSPS) is 37.2. The van der Waals surface area contributed by atoms with E-state index in [1.54, 1.807) is 0 Å². The zero-order chi connectivity index (χ0) is 12.5. The molecule has 96 valence electrons. The molecule has 0 aliphatic carbocycles. The van der Waals surface area contributed by atoms with Gasteiger partial charge in [-0.05, 0) is 25.7 Å². The Labute approximate surface area is 106 Å². The Bertz CT molecular complexity index is 324. The van der Waals surface area contributed by atoms with E-state index in [2.05, 4.69) is 36.4 Å².